The number of halogens is 1. The lowest BCUT2D eigenvalue weighted by Crippen LogP contribution is -1.98. The molecule has 0 bridgehead atoms. The highest BCUT2D eigenvalue weighted by Crippen LogP contribution is 2.22. The molecule has 1 heterocycles. The second kappa shape index (κ2) is 3.83. The van der Waals surface area contributed by atoms with Gasteiger partial charge in [0, 0.05) is 10.7 Å². The van der Waals surface area contributed by atoms with Gasteiger partial charge in [0.25, 0.3) is 0 Å². The summed E-state index contributed by atoms with van der Waals surface area (Å²) < 4.78 is 0.870. The molecule has 1 aromatic heterocycles. The summed E-state index contributed by atoms with van der Waals surface area (Å²) in [6.45, 7) is 1.92. The zero-order valence-electron chi connectivity index (χ0n) is 6.29. The highest BCUT2D eigenvalue weighted by atomic mass is 79.9. The van der Waals surface area contributed by atoms with Gasteiger partial charge in [0.2, 0.25) is 0 Å². The third kappa shape index (κ3) is 2.01. The third-order valence-electron chi connectivity index (χ3n) is 1.49. The Kier molecular flexibility index (Phi) is 3.02. The molecule has 60 valence electrons. The van der Waals surface area contributed by atoms with Crippen LogP contribution in [-0.2, 0) is 0 Å². The van der Waals surface area contributed by atoms with E-state index >= 15 is 0 Å². The Morgan fingerprint density at radius 3 is 3.00 bits per heavy atom. The van der Waals surface area contributed by atoms with Crippen LogP contribution >= 0.6 is 15.9 Å². The molecule has 0 unspecified atom stereocenters. The molecule has 1 rings (SSSR count). The summed E-state index contributed by atoms with van der Waals surface area (Å²) in [5.74, 6) is 0. The van der Waals surface area contributed by atoms with Gasteiger partial charge in [-0.05, 0) is 34.5 Å². The van der Waals surface area contributed by atoms with Crippen molar-refractivity contribution in [3.8, 4) is 0 Å². The molecule has 0 aliphatic heterocycles. The summed E-state index contributed by atoms with van der Waals surface area (Å²) in [5.41, 5.74) is 0.718. The molecule has 11 heavy (non-hydrogen) atoms. The highest BCUT2D eigenvalue weighted by Gasteiger charge is 2.08. The number of rotatable bonds is 2. The Balaban J connectivity index is 2.93. The molecule has 0 spiro atoms. The Bertz CT molecular complexity index is 239. The molecule has 1 atom stereocenters. The fraction of sp³-hybridized carbons (Fsp3) is 0.375. The van der Waals surface area contributed by atoms with E-state index in [1.54, 1.807) is 6.20 Å². The van der Waals surface area contributed by atoms with Crippen molar-refractivity contribution in [3.63, 3.8) is 0 Å². The van der Waals surface area contributed by atoms with E-state index in [-0.39, 0.29) is 0 Å². The minimum absolute atomic E-state index is 0.453. The van der Waals surface area contributed by atoms with Crippen molar-refractivity contribution in [1.82, 2.24) is 4.98 Å². The molecule has 3 heteroatoms. The van der Waals surface area contributed by atoms with E-state index in [1.807, 2.05) is 19.1 Å². The van der Waals surface area contributed by atoms with Crippen LogP contribution in [0.3, 0.4) is 0 Å². The first kappa shape index (κ1) is 8.68. The van der Waals surface area contributed by atoms with E-state index in [0.29, 0.717) is 6.42 Å². The van der Waals surface area contributed by atoms with E-state index in [4.69, 9.17) is 0 Å². The predicted molar refractivity (Wildman–Crippen MR) is 47.2 cm³/mol. The number of aromatic nitrogens is 1. The van der Waals surface area contributed by atoms with E-state index in [9.17, 15) is 5.11 Å². The van der Waals surface area contributed by atoms with Crippen LogP contribution in [0.15, 0.2) is 22.8 Å². The maximum Gasteiger partial charge on any atom is 0.0968 e. The molecule has 0 radical (unpaired) electrons. The summed E-state index contributed by atoms with van der Waals surface area (Å²) >= 11 is 3.32. The number of aliphatic hydroxyl groups excluding tert-OH is 1. The van der Waals surface area contributed by atoms with Crippen molar-refractivity contribution < 1.29 is 5.11 Å². The minimum atomic E-state index is -0.453. The van der Waals surface area contributed by atoms with Gasteiger partial charge in [-0.25, -0.2) is 0 Å². The smallest absolute Gasteiger partial charge is 0.0968 e. The van der Waals surface area contributed by atoms with Crippen molar-refractivity contribution in [2.75, 3.05) is 0 Å². The summed E-state index contributed by atoms with van der Waals surface area (Å²) in [4.78, 5) is 4.05. The van der Waals surface area contributed by atoms with E-state index < -0.39 is 6.10 Å². The first-order chi connectivity index (χ1) is 5.25. The van der Waals surface area contributed by atoms with Crippen LogP contribution in [0.2, 0.25) is 0 Å². The van der Waals surface area contributed by atoms with Gasteiger partial charge in [0.15, 0.2) is 0 Å². The van der Waals surface area contributed by atoms with Crippen molar-refractivity contribution in [1.29, 1.82) is 0 Å². The van der Waals surface area contributed by atoms with Crippen LogP contribution < -0.4 is 0 Å². The maximum atomic E-state index is 9.42. The first-order valence-corrected chi connectivity index (χ1v) is 4.33. The third-order valence-corrected chi connectivity index (χ3v) is 2.16. The second-order valence-corrected chi connectivity index (χ2v) is 3.15. The van der Waals surface area contributed by atoms with Gasteiger partial charge in [-0.1, -0.05) is 6.92 Å². The van der Waals surface area contributed by atoms with Crippen molar-refractivity contribution in [2.45, 2.75) is 19.4 Å². The van der Waals surface area contributed by atoms with Gasteiger partial charge < -0.3 is 5.11 Å². The molecule has 2 nitrogen and oxygen atoms in total. The molecule has 0 aliphatic rings. The molecule has 0 saturated carbocycles. The predicted octanol–water partition coefficient (Wildman–Crippen LogP) is 2.29. The minimum Gasteiger partial charge on any atom is -0.387 e. The lowest BCUT2D eigenvalue weighted by atomic mass is 10.2. The number of pyridine rings is 1. The van der Waals surface area contributed by atoms with Gasteiger partial charge in [0.05, 0.1) is 11.8 Å². The molecule has 1 aromatic rings. The average molecular weight is 216 g/mol. The Labute approximate surface area is 74.4 Å². The van der Waals surface area contributed by atoms with Crippen LogP contribution in [0, 0.1) is 0 Å². The molecule has 0 aliphatic carbocycles. The maximum absolute atomic E-state index is 9.42. The summed E-state index contributed by atoms with van der Waals surface area (Å²) in [6, 6.07) is 3.71. The van der Waals surface area contributed by atoms with E-state index in [0.717, 1.165) is 10.2 Å². The zero-order valence-corrected chi connectivity index (χ0v) is 7.87. The van der Waals surface area contributed by atoms with Crippen molar-refractivity contribution in [2.24, 2.45) is 0 Å². The topological polar surface area (TPSA) is 33.1 Å². The second-order valence-electron chi connectivity index (χ2n) is 2.29. The van der Waals surface area contributed by atoms with E-state index in [2.05, 4.69) is 20.9 Å². The van der Waals surface area contributed by atoms with Crippen LogP contribution in [0.25, 0.3) is 0 Å². The quantitative estimate of drug-likeness (QED) is 0.822. The summed E-state index contributed by atoms with van der Waals surface area (Å²) in [6.07, 6.45) is 1.92. The van der Waals surface area contributed by atoms with Crippen molar-refractivity contribution in [3.05, 3.63) is 28.5 Å². The Morgan fingerprint density at radius 2 is 2.45 bits per heavy atom. The van der Waals surface area contributed by atoms with Crippen molar-refractivity contribution >= 4 is 15.9 Å². The normalized spacial score (nSPS) is 13.0. The molecule has 0 amide bonds. The molecule has 1 N–H and O–H groups in total. The number of aliphatic hydroxyl groups is 1. The van der Waals surface area contributed by atoms with Crippen LogP contribution in [-0.4, -0.2) is 10.1 Å². The van der Waals surface area contributed by atoms with Gasteiger partial charge in [-0.15, -0.1) is 0 Å². The number of hydrogen-bond donors (Lipinski definition) is 1. The molecule has 0 fully saturated rings. The van der Waals surface area contributed by atoms with Crippen LogP contribution in [0.5, 0.6) is 0 Å². The SMILES string of the molecule is CC[C@@H](O)c1ncccc1Br. The van der Waals surface area contributed by atoms with Gasteiger partial charge in [-0.2, -0.15) is 0 Å². The zero-order chi connectivity index (χ0) is 8.27. The Morgan fingerprint density at radius 1 is 1.73 bits per heavy atom. The standard InChI is InChI=1S/C8H10BrNO/c1-2-7(11)8-6(9)4-3-5-10-8/h3-5,7,11H,2H2,1H3/t7-/m1/s1. The molecular weight excluding hydrogens is 206 g/mol. The Hall–Kier alpha value is -0.410. The van der Waals surface area contributed by atoms with Crippen LogP contribution in [0.1, 0.15) is 25.1 Å². The fourth-order valence-electron chi connectivity index (χ4n) is 0.836. The van der Waals surface area contributed by atoms with Gasteiger partial charge in [-0.3, -0.25) is 4.98 Å². The highest BCUT2D eigenvalue weighted by molar-refractivity contribution is 9.10. The summed E-state index contributed by atoms with van der Waals surface area (Å²) in [7, 11) is 0. The average Bonchev–Trinajstić information content (AvgIpc) is 2.04. The molecular formula is C8H10BrNO. The van der Waals surface area contributed by atoms with E-state index in [1.165, 1.54) is 0 Å². The van der Waals surface area contributed by atoms with Crippen LogP contribution in [0.4, 0.5) is 0 Å². The summed E-state index contributed by atoms with van der Waals surface area (Å²) in [5, 5.41) is 9.42. The van der Waals surface area contributed by atoms with Gasteiger partial charge >= 0.3 is 0 Å². The number of hydrogen-bond acceptors (Lipinski definition) is 2. The lowest BCUT2D eigenvalue weighted by molar-refractivity contribution is 0.168. The first-order valence-electron chi connectivity index (χ1n) is 3.54. The monoisotopic (exact) mass is 215 g/mol. The van der Waals surface area contributed by atoms with Gasteiger partial charge in [0.1, 0.15) is 0 Å². The number of nitrogens with zero attached hydrogens (tertiary/aromatic N) is 1. The fourth-order valence-corrected chi connectivity index (χ4v) is 1.36. The largest absolute Gasteiger partial charge is 0.387 e. The molecule has 0 saturated heterocycles. The molecule has 0 aromatic carbocycles. The lowest BCUT2D eigenvalue weighted by Gasteiger charge is -2.07.